The van der Waals surface area contributed by atoms with Crippen LogP contribution in [0.3, 0.4) is 0 Å². The van der Waals surface area contributed by atoms with Crippen LogP contribution in [0.25, 0.3) is 22.5 Å². The Morgan fingerprint density at radius 2 is 2.03 bits per heavy atom. The number of aryl methyl sites for hydroxylation is 3. The Bertz CT molecular complexity index is 1460. The summed E-state index contributed by atoms with van der Waals surface area (Å²) in [5.41, 5.74) is 12.3. The quantitative estimate of drug-likeness (QED) is 0.441. The van der Waals surface area contributed by atoms with E-state index in [2.05, 4.69) is 11.9 Å². The molecule has 0 amide bonds. The third-order valence-electron chi connectivity index (χ3n) is 6.87. The van der Waals surface area contributed by atoms with Gasteiger partial charge in [0.1, 0.15) is 6.10 Å². The van der Waals surface area contributed by atoms with Crippen LogP contribution in [0, 0.1) is 11.6 Å². The fourth-order valence-electron chi connectivity index (χ4n) is 5.42. The molecule has 2 atom stereocenters. The largest absolute Gasteiger partial charge is 0.482 e. The van der Waals surface area contributed by atoms with Crippen molar-refractivity contribution in [3.63, 3.8) is 0 Å². The van der Waals surface area contributed by atoms with Gasteiger partial charge in [-0.3, -0.25) is 9.36 Å². The molecule has 2 N–H and O–H groups in total. The summed E-state index contributed by atoms with van der Waals surface area (Å²) in [7, 11) is 1.84. The van der Waals surface area contributed by atoms with E-state index in [1.54, 1.807) is 23.9 Å². The first kappa shape index (κ1) is 20.8. The molecule has 0 saturated carbocycles. The number of benzene rings is 1. The van der Waals surface area contributed by atoms with Gasteiger partial charge in [-0.25, -0.2) is 13.8 Å². The number of ether oxygens (including phenoxy) is 1. The summed E-state index contributed by atoms with van der Waals surface area (Å²) >= 11 is 0. The van der Waals surface area contributed by atoms with E-state index < -0.39 is 17.7 Å². The number of nitrogens with two attached hydrogens (primary N) is 1. The molecule has 6 rings (SSSR count). The minimum atomic E-state index is -0.951. The van der Waals surface area contributed by atoms with Crippen LogP contribution in [0.5, 0.6) is 5.75 Å². The number of hydrogen-bond acceptors (Lipinski definition) is 5. The lowest BCUT2D eigenvalue weighted by Crippen LogP contribution is -2.13. The SMILES string of the molecule is CCn1nc2c3c1-c1cnc(N)c(c1)O[C@H](C)c1c(ccc(F)c1F)-c1nn(C)cc1C3CC2. The summed E-state index contributed by atoms with van der Waals surface area (Å²) in [6.07, 6.45) is 4.52. The van der Waals surface area contributed by atoms with Crippen LogP contribution in [0.15, 0.2) is 30.6 Å². The van der Waals surface area contributed by atoms with Gasteiger partial charge in [0.15, 0.2) is 23.2 Å². The molecule has 174 valence electrons. The Morgan fingerprint density at radius 3 is 2.82 bits per heavy atom. The Balaban J connectivity index is 1.72. The second-order valence-electron chi connectivity index (χ2n) is 8.91. The van der Waals surface area contributed by atoms with Crippen LogP contribution < -0.4 is 10.5 Å². The number of nitrogens with zero attached hydrogens (tertiary/aromatic N) is 5. The standard InChI is InChI=1S/C25H24F2N6O/c1-4-33-24-13-9-19(25(28)29-10-13)34-12(2)20-15(5-7-17(26)22(20)27)23-16(11-32(3)31-23)14-6-8-18(30-33)21(14)24/h5,7,9-12,14H,4,6,8H2,1-3H3,(H2,28,29)/t12-,14?/m1/s1. The number of anilines is 1. The van der Waals surface area contributed by atoms with Crippen molar-refractivity contribution < 1.29 is 13.5 Å². The molecule has 0 saturated heterocycles. The summed E-state index contributed by atoms with van der Waals surface area (Å²) in [6.45, 7) is 4.42. The van der Waals surface area contributed by atoms with E-state index in [9.17, 15) is 4.39 Å². The fraction of sp³-hybridized carbons (Fsp3) is 0.320. The predicted molar refractivity (Wildman–Crippen MR) is 123 cm³/mol. The van der Waals surface area contributed by atoms with E-state index >= 15 is 4.39 Å². The third kappa shape index (κ3) is 2.89. The molecule has 1 unspecified atom stereocenters. The van der Waals surface area contributed by atoms with Crippen LogP contribution in [0.2, 0.25) is 0 Å². The minimum absolute atomic E-state index is 0.00613. The van der Waals surface area contributed by atoms with Crippen LogP contribution in [0.1, 0.15) is 54.7 Å². The van der Waals surface area contributed by atoms with Gasteiger partial charge >= 0.3 is 0 Å². The molecule has 7 nitrogen and oxygen atoms in total. The zero-order valence-electron chi connectivity index (χ0n) is 19.1. The molecule has 2 aliphatic rings. The van der Waals surface area contributed by atoms with E-state index in [1.165, 1.54) is 0 Å². The summed E-state index contributed by atoms with van der Waals surface area (Å²) in [5.74, 6) is -1.39. The molecule has 1 aromatic carbocycles. The average molecular weight is 463 g/mol. The van der Waals surface area contributed by atoms with Crippen LogP contribution in [-0.4, -0.2) is 24.5 Å². The van der Waals surface area contributed by atoms with Crippen LogP contribution in [0.4, 0.5) is 14.6 Å². The molecular weight excluding hydrogens is 438 g/mol. The second-order valence-corrected chi connectivity index (χ2v) is 8.91. The first-order valence-corrected chi connectivity index (χ1v) is 11.4. The number of fused-ring (bicyclic) bond motifs is 7. The minimum Gasteiger partial charge on any atom is -0.482 e. The number of halogens is 2. The zero-order chi connectivity index (χ0) is 23.7. The maximum Gasteiger partial charge on any atom is 0.166 e. The Morgan fingerprint density at radius 1 is 1.21 bits per heavy atom. The van der Waals surface area contributed by atoms with Crippen molar-refractivity contribution in [2.75, 3.05) is 5.73 Å². The normalized spacial score (nSPS) is 18.4. The number of rotatable bonds is 1. The molecule has 4 heterocycles. The van der Waals surface area contributed by atoms with Gasteiger partial charge in [-0.15, -0.1) is 0 Å². The Labute approximate surface area is 195 Å². The topological polar surface area (TPSA) is 83.8 Å². The van der Waals surface area contributed by atoms with E-state index in [0.717, 1.165) is 47.0 Å². The molecule has 0 fully saturated rings. The van der Waals surface area contributed by atoms with Crippen LogP contribution >= 0.6 is 0 Å². The average Bonchev–Trinajstić information content (AvgIpc) is 3.49. The molecule has 1 aliphatic carbocycles. The van der Waals surface area contributed by atoms with Gasteiger partial charge in [0, 0.05) is 59.7 Å². The van der Waals surface area contributed by atoms with E-state index in [1.807, 2.05) is 24.0 Å². The van der Waals surface area contributed by atoms with E-state index in [0.29, 0.717) is 23.6 Å². The van der Waals surface area contributed by atoms with E-state index in [-0.39, 0.29) is 17.3 Å². The molecule has 34 heavy (non-hydrogen) atoms. The van der Waals surface area contributed by atoms with Crippen molar-refractivity contribution in [3.05, 3.63) is 64.6 Å². The smallest absolute Gasteiger partial charge is 0.166 e. The molecule has 9 heteroatoms. The maximum atomic E-state index is 15.3. The lowest BCUT2D eigenvalue weighted by atomic mass is 9.88. The van der Waals surface area contributed by atoms with Gasteiger partial charge < -0.3 is 10.5 Å². The van der Waals surface area contributed by atoms with Gasteiger partial charge in [-0.2, -0.15) is 10.2 Å². The maximum absolute atomic E-state index is 15.3. The zero-order valence-corrected chi connectivity index (χ0v) is 19.1. The van der Waals surface area contributed by atoms with Crippen molar-refractivity contribution in [1.29, 1.82) is 0 Å². The summed E-state index contributed by atoms with van der Waals surface area (Å²) in [5, 5.41) is 9.58. The van der Waals surface area contributed by atoms with Crippen molar-refractivity contribution in [2.45, 2.75) is 45.3 Å². The lowest BCUT2D eigenvalue weighted by Gasteiger charge is -2.23. The van der Waals surface area contributed by atoms with Gasteiger partial charge in [0.25, 0.3) is 0 Å². The highest BCUT2D eigenvalue weighted by molar-refractivity contribution is 5.74. The number of aromatic nitrogens is 5. The summed E-state index contributed by atoms with van der Waals surface area (Å²) < 4.78 is 39.5. The lowest BCUT2D eigenvalue weighted by molar-refractivity contribution is 0.221. The molecule has 4 aromatic rings. The van der Waals surface area contributed by atoms with Gasteiger partial charge in [-0.05, 0) is 44.9 Å². The Hall–Kier alpha value is -3.75. The van der Waals surface area contributed by atoms with Crippen molar-refractivity contribution in [3.8, 4) is 28.3 Å². The van der Waals surface area contributed by atoms with Gasteiger partial charge in [0.2, 0.25) is 0 Å². The van der Waals surface area contributed by atoms with E-state index in [4.69, 9.17) is 20.7 Å². The first-order chi connectivity index (χ1) is 16.4. The fourth-order valence-corrected chi connectivity index (χ4v) is 5.42. The summed E-state index contributed by atoms with van der Waals surface area (Å²) in [6, 6.07) is 4.54. The molecular formula is C25H24F2N6O. The highest BCUT2D eigenvalue weighted by atomic mass is 19.2. The molecule has 2 bridgehead atoms. The third-order valence-corrected chi connectivity index (χ3v) is 6.87. The van der Waals surface area contributed by atoms with Crippen molar-refractivity contribution in [1.82, 2.24) is 24.5 Å². The highest BCUT2D eigenvalue weighted by Crippen LogP contribution is 2.48. The first-order valence-electron chi connectivity index (χ1n) is 11.4. The van der Waals surface area contributed by atoms with Crippen LogP contribution in [-0.2, 0) is 20.0 Å². The second kappa shape index (κ2) is 7.38. The number of pyridine rings is 1. The van der Waals surface area contributed by atoms with Gasteiger partial charge in [-0.1, -0.05) is 0 Å². The molecule has 1 aliphatic heterocycles. The molecule has 0 spiro atoms. The molecule has 0 radical (unpaired) electrons. The van der Waals surface area contributed by atoms with Gasteiger partial charge in [0.05, 0.1) is 17.1 Å². The summed E-state index contributed by atoms with van der Waals surface area (Å²) in [4.78, 5) is 4.36. The predicted octanol–water partition coefficient (Wildman–Crippen LogP) is 4.76. The van der Waals surface area contributed by atoms with Crippen molar-refractivity contribution >= 4 is 5.82 Å². The Kier molecular flexibility index (Phi) is 4.52. The van der Waals surface area contributed by atoms with Crippen molar-refractivity contribution in [2.24, 2.45) is 7.05 Å². The monoisotopic (exact) mass is 462 g/mol. The highest BCUT2D eigenvalue weighted by Gasteiger charge is 2.36. The number of nitrogen functional groups attached to an aromatic ring is 1. The molecule has 3 aromatic heterocycles. The number of hydrogen-bond donors (Lipinski definition) is 1.